The van der Waals surface area contributed by atoms with E-state index in [0.29, 0.717) is 21.7 Å². The topological polar surface area (TPSA) is 96.8 Å². The second kappa shape index (κ2) is 6.25. The fraction of sp³-hybridized carbons (Fsp3) is 0.0667. The minimum Gasteiger partial charge on any atom is -0.294 e. The van der Waals surface area contributed by atoms with E-state index < -0.39 is 10.0 Å². The van der Waals surface area contributed by atoms with Crippen LogP contribution < -0.4 is 10.3 Å². The highest BCUT2D eigenvalue weighted by Crippen LogP contribution is 2.19. The maximum absolute atomic E-state index is 12.3. The lowest BCUT2D eigenvalue weighted by Crippen LogP contribution is -2.16. The third-order valence-corrected chi connectivity index (χ3v) is 5.06. The van der Waals surface area contributed by atoms with Crippen molar-refractivity contribution in [2.75, 3.05) is 4.72 Å². The molecule has 124 valence electrons. The summed E-state index contributed by atoms with van der Waals surface area (Å²) in [7, 11) is -3.71. The Labute approximate surface area is 146 Å². The number of benzene rings is 1. The summed E-state index contributed by atoms with van der Waals surface area (Å²) >= 11 is 3.24. The minimum absolute atomic E-state index is 0.136. The summed E-state index contributed by atoms with van der Waals surface area (Å²) in [5.41, 5.74) is 0.777. The molecule has 3 rings (SSSR count). The Bertz CT molecular complexity index is 1040. The van der Waals surface area contributed by atoms with Crippen LogP contribution in [0, 0.1) is 6.92 Å². The third kappa shape index (κ3) is 3.41. The zero-order valence-electron chi connectivity index (χ0n) is 12.5. The van der Waals surface area contributed by atoms with Gasteiger partial charge in [-0.05, 0) is 37.3 Å². The molecule has 2 heterocycles. The van der Waals surface area contributed by atoms with Gasteiger partial charge in [-0.3, -0.25) is 14.6 Å². The van der Waals surface area contributed by atoms with Crippen LogP contribution in [-0.2, 0) is 10.0 Å². The van der Waals surface area contributed by atoms with Crippen LogP contribution in [0.5, 0.6) is 0 Å². The average Bonchev–Trinajstić information content (AvgIpc) is 2.86. The highest BCUT2D eigenvalue weighted by Gasteiger charge is 2.15. The largest absolute Gasteiger partial charge is 0.294 e. The Morgan fingerprint density at radius 2 is 2.00 bits per heavy atom. The lowest BCUT2D eigenvalue weighted by Gasteiger charge is -2.09. The number of sulfonamides is 1. The first-order valence-corrected chi connectivity index (χ1v) is 9.16. The fourth-order valence-electron chi connectivity index (χ4n) is 2.11. The molecule has 2 N–H and O–H groups in total. The number of anilines is 1. The molecule has 0 fully saturated rings. The highest BCUT2D eigenvalue weighted by molar-refractivity contribution is 9.10. The molecule has 0 radical (unpaired) electrons. The van der Waals surface area contributed by atoms with Crippen molar-refractivity contribution in [1.82, 2.24) is 14.8 Å². The molecule has 2 aromatic heterocycles. The summed E-state index contributed by atoms with van der Waals surface area (Å²) in [4.78, 5) is 16.0. The number of hydrogen-bond donors (Lipinski definition) is 2. The molecule has 0 aliphatic heterocycles. The quantitative estimate of drug-likeness (QED) is 0.692. The zero-order chi connectivity index (χ0) is 17.3. The molecule has 0 amide bonds. The summed E-state index contributed by atoms with van der Waals surface area (Å²) in [5.74, 6) is 0.374. The van der Waals surface area contributed by atoms with Gasteiger partial charge in [-0.2, -0.15) is 0 Å². The molecule has 9 heteroatoms. The standard InChI is InChI=1S/C15H13BrN4O3S/c1-10-7-15(21)20(18-10)14-6-5-12(9-17-14)19-24(22,23)13-4-2-3-11(16)8-13/h2-9,18-19H,1H3. The number of aromatic amines is 1. The lowest BCUT2D eigenvalue weighted by atomic mass is 10.4. The van der Waals surface area contributed by atoms with E-state index in [9.17, 15) is 13.2 Å². The van der Waals surface area contributed by atoms with E-state index in [1.807, 2.05) is 0 Å². The van der Waals surface area contributed by atoms with Gasteiger partial charge in [0.2, 0.25) is 0 Å². The number of aryl methyl sites for hydroxylation is 1. The van der Waals surface area contributed by atoms with Crippen LogP contribution in [-0.4, -0.2) is 23.2 Å². The van der Waals surface area contributed by atoms with Crippen molar-refractivity contribution in [2.45, 2.75) is 11.8 Å². The van der Waals surface area contributed by atoms with Gasteiger partial charge in [-0.25, -0.2) is 18.1 Å². The smallest absolute Gasteiger partial charge is 0.272 e. The van der Waals surface area contributed by atoms with Crippen molar-refractivity contribution >= 4 is 31.6 Å². The first-order chi connectivity index (χ1) is 11.3. The van der Waals surface area contributed by atoms with E-state index >= 15 is 0 Å². The van der Waals surface area contributed by atoms with Gasteiger partial charge >= 0.3 is 0 Å². The number of nitrogens with one attached hydrogen (secondary N) is 2. The highest BCUT2D eigenvalue weighted by atomic mass is 79.9. The van der Waals surface area contributed by atoms with Gasteiger partial charge in [0.15, 0.2) is 5.82 Å². The molecule has 7 nitrogen and oxygen atoms in total. The molecule has 0 bridgehead atoms. The zero-order valence-corrected chi connectivity index (χ0v) is 14.9. The molecule has 0 unspecified atom stereocenters. The molecule has 0 saturated carbocycles. The third-order valence-electron chi connectivity index (χ3n) is 3.18. The summed E-state index contributed by atoms with van der Waals surface area (Å²) in [6.07, 6.45) is 1.35. The Morgan fingerprint density at radius 3 is 2.58 bits per heavy atom. The van der Waals surface area contributed by atoms with E-state index in [0.717, 1.165) is 0 Å². The van der Waals surface area contributed by atoms with Crippen LogP contribution in [0.2, 0.25) is 0 Å². The van der Waals surface area contributed by atoms with Gasteiger partial charge in [0.05, 0.1) is 16.8 Å². The second-order valence-corrected chi connectivity index (χ2v) is 7.68. The molecule has 0 atom stereocenters. The fourth-order valence-corrected chi connectivity index (χ4v) is 3.75. The van der Waals surface area contributed by atoms with Gasteiger partial charge in [-0.1, -0.05) is 22.0 Å². The first kappa shape index (κ1) is 16.5. The summed E-state index contributed by atoms with van der Waals surface area (Å²) in [6, 6.07) is 10.9. The first-order valence-electron chi connectivity index (χ1n) is 6.89. The van der Waals surface area contributed by atoms with Crippen molar-refractivity contribution in [3.05, 3.63) is 69.2 Å². The number of aromatic nitrogens is 3. The Kier molecular flexibility index (Phi) is 4.29. The monoisotopic (exact) mass is 408 g/mol. The maximum Gasteiger partial charge on any atom is 0.272 e. The summed E-state index contributed by atoms with van der Waals surface area (Å²) < 4.78 is 29.1. The molecule has 0 aliphatic carbocycles. The normalized spacial score (nSPS) is 11.4. The molecular weight excluding hydrogens is 396 g/mol. The second-order valence-electron chi connectivity index (χ2n) is 5.08. The van der Waals surface area contributed by atoms with Crippen LogP contribution in [0.4, 0.5) is 5.69 Å². The van der Waals surface area contributed by atoms with E-state index in [4.69, 9.17) is 0 Å². The van der Waals surface area contributed by atoms with E-state index in [1.54, 1.807) is 31.2 Å². The van der Waals surface area contributed by atoms with E-state index in [1.165, 1.54) is 29.1 Å². The SMILES string of the molecule is Cc1cc(=O)n(-c2ccc(NS(=O)(=O)c3cccc(Br)c3)cn2)[nH]1. The van der Waals surface area contributed by atoms with Gasteiger partial charge in [-0.15, -0.1) is 0 Å². The molecule has 0 saturated heterocycles. The van der Waals surface area contributed by atoms with Crippen LogP contribution in [0.25, 0.3) is 5.82 Å². The van der Waals surface area contributed by atoms with Crippen molar-refractivity contribution in [3.63, 3.8) is 0 Å². The number of rotatable bonds is 4. The number of halogens is 1. The predicted octanol–water partition coefficient (Wildman–Crippen LogP) is 2.43. The van der Waals surface area contributed by atoms with Gasteiger partial charge in [0.1, 0.15) is 0 Å². The molecule has 3 aromatic rings. The molecule has 1 aromatic carbocycles. The van der Waals surface area contributed by atoms with Crippen LogP contribution in [0.3, 0.4) is 0 Å². The minimum atomic E-state index is -3.71. The molecule has 0 aliphatic rings. The number of nitrogens with zero attached hydrogens (tertiary/aromatic N) is 2. The Hall–Kier alpha value is -2.39. The average molecular weight is 409 g/mol. The summed E-state index contributed by atoms with van der Waals surface area (Å²) in [5, 5.41) is 2.86. The molecule has 24 heavy (non-hydrogen) atoms. The molecular formula is C15H13BrN4O3S. The van der Waals surface area contributed by atoms with Crippen molar-refractivity contribution in [2.24, 2.45) is 0 Å². The Balaban J connectivity index is 1.86. The van der Waals surface area contributed by atoms with E-state index in [2.05, 4.69) is 30.7 Å². The number of pyridine rings is 1. The lowest BCUT2D eigenvalue weighted by molar-refractivity contribution is 0.601. The maximum atomic E-state index is 12.3. The van der Waals surface area contributed by atoms with Crippen molar-refractivity contribution < 1.29 is 8.42 Å². The van der Waals surface area contributed by atoms with Gasteiger partial charge in [0.25, 0.3) is 15.6 Å². The Morgan fingerprint density at radius 1 is 1.21 bits per heavy atom. The van der Waals surface area contributed by atoms with E-state index in [-0.39, 0.29) is 10.5 Å². The predicted molar refractivity (Wildman–Crippen MR) is 93.9 cm³/mol. The molecule has 0 spiro atoms. The van der Waals surface area contributed by atoms with Gasteiger partial charge in [0, 0.05) is 16.2 Å². The summed E-state index contributed by atoms with van der Waals surface area (Å²) in [6.45, 7) is 1.76. The number of hydrogen-bond acceptors (Lipinski definition) is 4. The van der Waals surface area contributed by atoms with Crippen LogP contribution in [0.1, 0.15) is 5.69 Å². The van der Waals surface area contributed by atoms with Crippen LogP contribution in [0.15, 0.2) is 62.8 Å². The van der Waals surface area contributed by atoms with Crippen LogP contribution >= 0.6 is 15.9 Å². The number of H-pyrrole nitrogens is 1. The van der Waals surface area contributed by atoms with Crippen molar-refractivity contribution in [1.29, 1.82) is 0 Å². The van der Waals surface area contributed by atoms with Crippen molar-refractivity contribution in [3.8, 4) is 5.82 Å². The van der Waals surface area contributed by atoms with Gasteiger partial charge < -0.3 is 0 Å².